The zero-order valence-corrected chi connectivity index (χ0v) is 13.0. The Hall–Kier alpha value is -1.40. The Morgan fingerprint density at radius 3 is 2.50 bits per heavy atom. The molecule has 0 radical (unpaired) electrons. The van der Waals surface area contributed by atoms with Gasteiger partial charge in [0.1, 0.15) is 0 Å². The van der Waals surface area contributed by atoms with Crippen molar-refractivity contribution in [3.05, 3.63) is 22.4 Å². The minimum Gasteiger partial charge on any atom is -0.333 e. The normalized spacial score (nSPS) is 10.6. The largest absolute Gasteiger partial charge is 0.333 e. The molecule has 0 saturated heterocycles. The Morgan fingerprint density at radius 2 is 1.95 bits per heavy atom. The molecule has 0 aromatic carbocycles. The number of carbonyl (C=O) groups excluding carboxylic acids is 2. The summed E-state index contributed by atoms with van der Waals surface area (Å²) < 4.78 is 0. The summed E-state index contributed by atoms with van der Waals surface area (Å²) >= 11 is 1.57. The van der Waals surface area contributed by atoms with Crippen molar-refractivity contribution in [2.75, 3.05) is 19.6 Å². The van der Waals surface area contributed by atoms with Crippen molar-refractivity contribution in [3.63, 3.8) is 0 Å². The Kier molecular flexibility index (Phi) is 7.91. The summed E-state index contributed by atoms with van der Waals surface area (Å²) in [5, 5.41) is 6.99. The van der Waals surface area contributed by atoms with Gasteiger partial charge in [-0.25, -0.2) is 4.79 Å². The van der Waals surface area contributed by atoms with Crippen molar-refractivity contribution >= 4 is 23.3 Å². The number of nitrogens with zero attached hydrogens (tertiary/aromatic N) is 1. The fraction of sp³-hybridized carbons (Fsp3) is 0.571. The summed E-state index contributed by atoms with van der Waals surface area (Å²) in [6, 6.07) is 3.44. The fourth-order valence-corrected chi connectivity index (χ4v) is 2.54. The fourth-order valence-electron chi connectivity index (χ4n) is 1.90. The topological polar surface area (TPSA) is 61.4 Å². The van der Waals surface area contributed by atoms with Crippen LogP contribution in [0, 0.1) is 0 Å². The van der Waals surface area contributed by atoms with Gasteiger partial charge in [0.2, 0.25) is 5.91 Å². The Morgan fingerprint density at radius 1 is 1.25 bits per heavy atom. The summed E-state index contributed by atoms with van der Waals surface area (Å²) in [4.78, 5) is 26.5. The van der Waals surface area contributed by atoms with E-state index >= 15 is 0 Å². The summed E-state index contributed by atoms with van der Waals surface area (Å²) in [6.45, 7) is 6.62. The van der Waals surface area contributed by atoms with Gasteiger partial charge in [0.15, 0.2) is 0 Å². The van der Waals surface area contributed by atoms with Crippen LogP contribution >= 0.6 is 11.3 Å². The van der Waals surface area contributed by atoms with Crippen molar-refractivity contribution in [2.24, 2.45) is 0 Å². The van der Waals surface area contributed by atoms with Crippen LogP contribution in [-0.4, -0.2) is 36.5 Å². The molecule has 6 heteroatoms. The third-order valence-electron chi connectivity index (χ3n) is 2.70. The molecule has 2 N–H and O–H groups in total. The van der Waals surface area contributed by atoms with E-state index in [-0.39, 0.29) is 12.5 Å². The predicted molar refractivity (Wildman–Crippen MR) is 81.7 cm³/mol. The van der Waals surface area contributed by atoms with E-state index in [9.17, 15) is 9.59 Å². The summed E-state index contributed by atoms with van der Waals surface area (Å²) in [6.07, 6.45) is 2.00. The third-order valence-corrected chi connectivity index (χ3v) is 3.58. The molecule has 0 unspecified atom stereocenters. The van der Waals surface area contributed by atoms with Crippen LogP contribution in [0.4, 0.5) is 4.79 Å². The van der Waals surface area contributed by atoms with Crippen molar-refractivity contribution in [1.82, 2.24) is 15.5 Å². The highest BCUT2D eigenvalue weighted by atomic mass is 32.1. The van der Waals surface area contributed by atoms with Gasteiger partial charge in [-0.1, -0.05) is 19.9 Å². The molecule has 0 saturated carbocycles. The van der Waals surface area contributed by atoms with E-state index in [4.69, 9.17) is 0 Å². The van der Waals surface area contributed by atoms with Gasteiger partial charge in [-0.15, -0.1) is 11.3 Å². The molecule has 20 heavy (non-hydrogen) atoms. The predicted octanol–water partition coefficient (Wildman–Crippen LogP) is 2.20. The lowest BCUT2D eigenvalue weighted by atomic mass is 10.3. The first-order valence-electron chi connectivity index (χ1n) is 6.98. The lowest BCUT2D eigenvalue weighted by Crippen LogP contribution is -2.44. The quantitative estimate of drug-likeness (QED) is 0.773. The van der Waals surface area contributed by atoms with Crippen molar-refractivity contribution in [2.45, 2.75) is 33.2 Å². The first kappa shape index (κ1) is 16.7. The maximum atomic E-state index is 11.8. The summed E-state index contributed by atoms with van der Waals surface area (Å²) in [5.41, 5.74) is 0. The minimum atomic E-state index is -0.434. The molecule has 0 bridgehead atoms. The molecule has 0 aliphatic heterocycles. The number of urea groups is 1. The van der Waals surface area contributed by atoms with E-state index in [1.807, 2.05) is 17.5 Å². The van der Waals surface area contributed by atoms with Crippen LogP contribution in [0.1, 0.15) is 31.6 Å². The maximum absolute atomic E-state index is 11.8. The van der Waals surface area contributed by atoms with E-state index < -0.39 is 6.03 Å². The Bertz CT molecular complexity index is 401. The second-order valence-corrected chi connectivity index (χ2v) is 5.62. The standard InChI is InChI=1S/C14H23N3O2S/c1-3-7-17(8-4-2)11-13(18)16-14(19)15-10-12-6-5-9-20-12/h5-6,9H,3-4,7-8,10-11H2,1-2H3,(H2,15,16,18,19). The molecule has 3 amide bonds. The van der Waals surface area contributed by atoms with E-state index in [2.05, 4.69) is 29.4 Å². The van der Waals surface area contributed by atoms with Crippen molar-refractivity contribution < 1.29 is 9.59 Å². The molecule has 5 nitrogen and oxygen atoms in total. The molecular weight excluding hydrogens is 274 g/mol. The highest BCUT2D eigenvalue weighted by Crippen LogP contribution is 2.06. The van der Waals surface area contributed by atoms with E-state index in [0.29, 0.717) is 6.54 Å². The van der Waals surface area contributed by atoms with Gasteiger partial charge < -0.3 is 5.32 Å². The molecule has 0 fully saturated rings. The lowest BCUT2D eigenvalue weighted by molar-refractivity contribution is -0.121. The summed E-state index contributed by atoms with van der Waals surface area (Å²) in [7, 11) is 0. The van der Waals surface area contributed by atoms with Crippen LogP contribution in [0.25, 0.3) is 0 Å². The van der Waals surface area contributed by atoms with E-state index in [0.717, 1.165) is 30.8 Å². The zero-order valence-electron chi connectivity index (χ0n) is 12.1. The number of imide groups is 1. The monoisotopic (exact) mass is 297 g/mol. The highest BCUT2D eigenvalue weighted by molar-refractivity contribution is 7.09. The molecule has 112 valence electrons. The number of hydrogen-bond acceptors (Lipinski definition) is 4. The molecule has 1 aromatic heterocycles. The lowest BCUT2D eigenvalue weighted by Gasteiger charge is -2.19. The SMILES string of the molecule is CCCN(CCC)CC(=O)NC(=O)NCc1cccs1. The minimum absolute atomic E-state index is 0.254. The average molecular weight is 297 g/mol. The first-order chi connectivity index (χ1) is 9.65. The van der Waals surface area contributed by atoms with Gasteiger partial charge >= 0.3 is 6.03 Å². The van der Waals surface area contributed by atoms with Crippen molar-refractivity contribution in [3.8, 4) is 0 Å². The van der Waals surface area contributed by atoms with Gasteiger partial charge in [-0.05, 0) is 37.4 Å². The molecule has 1 rings (SSSR count). The molecule has 0 aliphatic carbocycles. The summed E-state index contributed by atoms with van der Waals surface area (Å²) in [5.74, 6) is -0.254. The number of amides is 3. The zero-order chi connectivity index (χ0) is 14.8. The van der Waals surface area contributed by atoms with Crippen LogP contribution in [0.2, 0.25) is 0 Å². The number of nitrogens with one attached hydrogen (secondary N) is 2. The molecule has 1 heterocycles. The van der Waals surface area contributed by atoms with Crippen LogP contribution < -0.4 is 10.6 Å². The second-order valence-electron chi connectivity index (χ2n) is 4.59. The van der Waals surface area contributed by atoms with E-state index in [1.54, 1.807) is 11.3 Å². The Balaban J connectivity index is 2.27. The van der Waals surface area contributed by atoms with E-state index in [1.165, 1.54) is 0 Å². The second kappa shape index (κ2) is 9.50. The number of hydrogen-bond donors (Lipinski definition) is 2. The van der Waals surface area contributed by atoms with Gasteiger partial charge in [-0.2, -0.15) is 0 Å². The van der Waals surface area contributed by atoms with Gasteiger partial charge in [0.25, 0.3) is 0 Å². The smallest absolute Gasteiger partial charge is 0.321 e. The van der Waals surface area contributed by atoms with Crippen molar-refractivity contribution in [1.29, 1.82) is 0 Å². The molecule has 0 aliphatic rings. The third kappa shape index (κ3) is 6.68. The highest BCUT2D eigenvalue weighted by Gasteiger charge is 2.12. The number of rotatable bonds is 8. The molecule has 0 spiro atoms. The maximum Gasteiger partial charge on any atom is 0.321 e. The van der Waals surface area contributed by atoms with Crippen LogP contribution in [0.3, 0.4) is 0 Å². The number of carbonyl (C=O) groups is 2. The van der Waals surface area contributed by atoms with Crippen LogP contribution in [-0.2, 0) is 11.3 Å². The first-order valence-corrected chi connectivity index (χ1v) is 7.86. The van der Waals surface area contributed by atoms with Crippen LogP contribution in [0.15, 0.2) is 17.5 Å². The number of thiophene rings is 1. The molecule has 0 atom stereocenters. The molecular formula is C14H23N3O2S. The van der Waals surface area contributed by atoms with Gasteiger partial charge in [0, 0.05) is 4.88 Å². The van der Waals surface area contributed by atoms with Gasteiger partial charge in [-0.3, -0.25) is 15.0 Å². The van der Waals surface area contributed by atoms with Gasteiger partial charge in [0.05, 0.1) is 13.1 Å². The van der Waals surface area contributed by atoms with Crippen LogP contribution in [0.5, 0.6) is 0 Å². The Labute approximate surface area is 124 Å². The molecule has 1 aromatic rings. The average Bonchev–Trinajstić information content (AvgIpc) is 2.90.